The van der Waals surface area contributed by atoms with Gasteiger partial charge in [0.1, 0.15) is 0 Å². The maximum Gasteiger partial charge on any atom is 0.185 e. The summed E-state index contributed by atoms with van der Waals surface area (Å²) in [7, 11) is 4.34. The fourth-order valence-electron chi connectivity index (χ4n) is 2.85. The first-order valence-electron chi connectivity index (χ1n) is 7.68. The van der Waals surface area contributed by atoms with Crippen LogP contribution in [0.1, 0.15) is 38.4 Å². The maximum absolute atomic E-state index is 4.81. The molecule has 0 aromatic carbocycles. The summed E-state index contributed by atoms with van der Waals surface area (Å²) in [6, 6.07) is 0.358. The molecule has 1 aliphatic rings. The number of piperidine rings is 1. The van der Waals surface area contributed by atoms with Gasteiger partial charge in [0, 0.05) is 31.1 Å². The number of rotatable bonds is 6. The van der Waals surface area contributed by atoms with Gasteiger partial charge in [0.25, 0.3) is 0 Å². The Hall–Kier alpha value is -0.650. The molecule has 1 saturated heterocycles. The second kappa shape index (κ2) is 7.38. The lowest BCUT2D eigenvalue weighted by Gasteiger charge is -2.33. The van der Waals surface area contributed by atoms with E-state index in [9.17, 15) is 0 Å². The summed E-state index contributed by atoms with van der Waals surface area (Å²) in [5, 5.41) is 6.83. The molecule has 1 N–H and O–H groups in total. The quantitative estimate of drug-likeness (QED) is 0.874. The SMILES string of the molecule is CCNC(C)c1csc(N2CCC(CN(C)C)CC2)n1. The van der Waals surface area contributed by atoms with Gasteiger partial charge in [-0.2, -0.15) is 0 Å². The van der Waals surface area contributed by atoms with E-state index in [0.29, 0.717) is 6.04 Å². The number of anilines is 1. The minimum atomic E-state index is 0.358. The van der Waals surface area contributed by atoms with Gasteiger partial charge in [0.2, 0.25) is 0 Å². The van der Waals surface area contributed by atoms with E-state index in [1.54, 1.807) is 11.3 Å². The van der Waals surface area contributed by atoms with Crippen molar-refractivity contribution in [3.8, 4) is 0 Å². The minimum absolute atomic E-state index is 0.358. The zero-order valence-corrected chi connectivity index (χ0v) is 14.0. The molecule has 114 valence electrons. The number of aromatic nitrogens is 1. The Morgan fingerprint density at radius 2 is 2.15 bits per heavy atom. The zero-order chi connectivity index (χ0) is 14.5. The predicted octanol–water partition coefficient (Wildman–Crippen LogP) is 2.59. The molecule has 1 atom stereocenters. The van der Waals surface area contributed by atoms with Crippen LogP contribution in [0.15, 0.2) is 5.38 Å². The van der Waals surface area contributed by atoms with E-state index in [-0.39, 0.29) is 0 Å². The van der Waals surface area contributed by atoms with Crippen LogP contribution in [0.2, 0.25) is 0 Å². The van der Waals surface area contributed by atoms with Crippen LogP contribution in [0.5, 0.6) is 0 Å². The number of thiazole rings is 1. The molecular formula is C15H28N4S. The van der Waals surface area contributed by atoms with Crippen molar-refractivity contribution in [1.29, 1.82) is 0 Å². The lowest BCUT2D eigenvalue weighted by atomic mass is 9.97. The third-order valence-electron chi connectivity index (χ3n) is 3.97. The lowest BCUT2D eigenvalue weighted by molar-refractivity contribution is 0.285. The molecule has 0 spiro atoms. The summed E-state index contributed by atoms with van der Waals surface area (Å²) in [6.45, 7) is 8.84. The lowest BCUT2D eigenvalue weighted by Crippen LogP contribution is -2.37. The van der Waals surface area contributed by atoms with E-state index in [4.69, 9.17) is 4.98 Å². The summed E-state index contributed by atoms with van der Waals surface area (Å²) in [5.74, 6) is 0.848. The van der Waals surface area contributed by atoms with Gasteiger partial charge in [-0.15, -0.1) is 11.3 Å². The highest BCUT2D eigenvalue weighted by Gasteiger charge is 2.22. The second-order valence-corrected chi connectivity index (χ2v) is 6.86. The largest absolute Gasteiger partial charge is 0.348 e. The standard InChI is InChI=1S/C15H28N4S/c1-5-16-12(2)14-11-20-15(17-14)19-8-6-13(7-9-19)10-18(3)4/h11-13,16H,5-10H2,1-4H3. The first-order chi connectivity index (χ1) is 9.60. The van der Waals surface area contributed by atoms with Crippen LogP contribution in [0.3, 0.4) is 0 Å². The van der Waals surface area contributed by atoms with Crippen LogP contribution < -0.4 is 10.2 Å². The van der Waals surface area contributed by atoms with Gasteiger partial charge >= 0.3 is 0 Å². The zero-order valence-electron chi connectivity index (χ0n) is 13.2. The van der Waals surface area contributed by atoms with Gasteiger partial charge in [-0.25, -0.2) is 4.98 Å². The smallest absolute Gasteiger partial charge is 0.185 e. The van der Waals surface area contributed by atoms with Crippen molar-refractivity contribution in [2.24, 2.45) is 5.92 Å². The number of nitrogens with zero attached hydrogens (tertiary/aromatic N) is 3. The molecular weight excluding hydrogens is 268 g/mol. The van der Waals surface area contributed by atoms with Gasteiger partial charge in [-0.05, 0) is 46.3 Å². The van der Waals surface area contributed by atoms with E-state index in [1.165, 1.54) is 30.2 Å². The maximum atomic E-state index is 4.81. The van der Waals surface area contributed by atoms with Crippen LogP contribution in [-0.2, 0) is 0 Å². The Morgan fingerprint density at radius 1 is 1.45 bits per heavy atom. The van der Waals surface area contributed by atoms with Gasteiger partial charge < -0.3 is 15.1 Å². The van der Waals surface area contributed by atoms with E-state index in [0.717, 1.165) is 25.6 Å². The second-order valence-electron chi connectivity index (χ2n) is 6.03. The van der Waals surface area contributed by atoms with Crippen LogP contribution in [0.4, 0.5) is 5.13 Å². The highest BCUT2D eigenvalue weighted by atomic mass is 32.1. The first-order valence-corrected chi connectivity index (χ1v) is 8.56. The molecule has 0 radical (unpaired) electrons. The van der Waals surface area contributed by atoms with Gasteiger partial charge in [-0.3, -0.25) is 0 Å². The Labute approximate surface area is 127 Å². The minimum Gasteiger partial charge on any atom is -0.348 e. The van der Waals surface area contributed by atoms with Crippen LogP contribution >= 0.6 is 11.3 Å². The number of nitrogens with one attached hydrogen (secondary N) is 1. The van der Waals surface area contributed by atoms with E-state index >= 15 is 0 Å². The van der Waals surface area contributed by atoms with Gasteiger partial charge in [0.05, 0.1) is 5.69 Å². The van der Waals surface area contributed by atoms with Crippen LogP contribution in [0.25, 0.3) is 0 Å². The van der Waals surface area contributed by atoms with Crippen molar-refractivity contribution in [1.82, 2.24) is 15.2 Å². The normalized spacial score (nSPS) is 18.8. The van der Waals surface area contributed by atoms with E-state index < -0.39 is 0 Å². The summed E-state index contributed by atoms with van der Waals surface area (Å²) >= 11 is 1.79. The Morgan fingerprint density at radius 3 is 2.75 bits per heavy atom. The summed E-state index contributed by atoms with van der Waals surface area (Å²) in [5.41, 5.74) is 1.18. The van der Waals surface area contributed by atoms with Crippen LogP contribution in [0, 0.1) is 5.92 Å². The third kappa shape index (κ3) is 4.17. The average molecular weight is 296 g/mol. The van der Waals surface area contributed by atoms with Crippen molar-refractivity contribution in [3.05, 3.63) is 11.1 Å². The number of hydrogen-bond donors (Lipinski definition) is 1. The van der Waals surface area contributed by atoms with Crippen molar-refractivity contribution in [2.45, 2.75) is 32.7 Å². The molecule has 0 saturated carbocycles. The molecule has 2 heterocycles. The van der Waals surface area contributed by atoms with Crippen molar-refractivity contribution >= 4 is 16.5 Å². The van der Waals surface area contributed by atoms with Crippen LogP contribution in [-0.4, -0.2) is 50.2 Å². The third-order valence-corrected chi connectivity index (χ3v) is 4.89. The summed E-state index contributed by atoms with van der Waals surface area (Å²) < 4.78 is 0. The molecule has 1 aromatic rings. The van der Waals surface area contributed by atoms with Crippen molar-refractivity contribution in [2.75, 3.05) is 45.2 Å². The highest BCUT2D eigenvalue weighted by molar-refractivity contribution is 7.13. The molecule has 2 rings (SSSR count). The molecule has 4 nitrogen and oxygen atoms in total. The Bertz CT molecular complexity index is 396. The van der Waals surface area contributed by atoms with Crippen molar-refractivity contribution in [3.63, 3.8) is 0 Å². The predicted molar refractivity (Wildman–Crippen MR) is 87.7 cm³/mol. The number of hydrogen-bond acceptors (Lipinski definition) is 5. The average Bonchev–Trinajstić information content (AvgIpc) is 2.89. The van der Waals surface area contributed by atoms with Gasteiger partial charge in [-0.1, -0.05) is 6.92 Å². The Balaban J connectivity index is 1.87. The van der Waals surface area contributed by atoms with Crippen molar-refractivity contribution < 1.29 is 0 Å². The fraction of sp³-hybridized carbons (Fsp3) is 0.800. The summed E-state index contributed by atoms with van der Waals surface area (Å²) in [4.78, 5) is 9.57. The molecule has 5 heteroatoms. The van der Waals surface area contributed by atoms with E-state index in [1.807, 2.05) is 0 Å². The summed E-state index contributed by atoms with van der Waals surface area (Å²) in [6.07, 6.45) is 2.58. The first kappa shape index (κ1) is 15.7. The molecule has 1 aromatic heterocycles. The molecule has 20 heavy (non-hydrogen) atoms. The highest BCUT2D eigenvalue weighted by Crippen LogP contribution is 2.28. The van der Waals surface area contributed by atoms with Gasteiger partial charge in [0.15, 0.2) is 5.13 Å². The molecule has 1 fully saturated rings. The molecule has 1 unspecified atom stereocenters. The Kier molecular flexibility index (Phi) is 5.81. The fourth-order valence-corrected chi connectivity index (χ4v) is 3.83. The van der Waals surface area contributed by atoms with E-state index in [2.05, 4.69) is 48.4 Å². The monoisotopic (exact) mass is 296 g/mol. The topological polar surface area (TPSA) is 31.4 Å². The molecule has 0 bridgehead atoms. The molecule has 1 aliphatic heterocycles. The molecule has 0 amide bonds. The molecule has 0 aliphatic carbocycles.